The van der Waals surface area contributed by atoms with Crippen molar-refractivity contribution in [3.8, 4) is 5.75 Å². The van der Waals surface area contributed by atoms with Crippen LogP contribution in [-0.2, 0) is 6.42 Å². The summed E-state index contributed by atoms with van der Waals surface area (Å²) in [5, 5.41) is 0. The van der Waals surface area contributed by atoms with Gasteiger partial charge >= 0.3 is 6.36 Å². The van der Waals surface area contributed by atoms with Gasteiger partial charge in [0.1, 0.15) is 5.75 Å². The Morgan fingerprint density at radius 1 is 1.33 bits per heavy atom. The molecule has 0 fully saturated rings. The number of benzene rings is 1. The topological polar surface area (TPSA) is 21.6 Å². The first-order valence-corrected chi connectivity index (χ1v) is 4.37. The van der Waals surface area contributed by atoms with Crippen molar-refractivity contribution in [1.82, 2.24) is 0 Å². The third-order valence-corrected chi connectivity index (χ3v) is 2.04. The zero-order chi connectivity index (χ0) is 11.1. The second-order valence-electron chi connectivity index (χ2n) is 3.36. The Morgan fingerprint density at radius 3 is 2.73 bits per heavy atom. The zero-order valence-electron chi connectivity index (χ0n) is 7.93. The van der Waals surface area contributed by atoms with Crippen molar-refractivity contribution in [1.29, 1.82) is 0 Å². The molecule has 0 N–H and O–H groups in total. The molecule has 1 aromatic carbocycles. The van der Waals surface area contributed by atoms with Crippen LogP contribution in [0.4, 0.5) is 18.9 Å². The number of halogens is 3. The molecule has 0 bridgehead atoms. The van der Waals surface area contributed by atoms with Crippen LogP contribution in [0.1, 0.15) is 12.5 Å². The quantitative estimate of drug-likeness (QED) is 0.704. The van der Waals surface area contributed by atoms with E-state index in [0.29, 0.717) is 6.42 Å². The summed E-state index contributed by atoms with van der Waals surface area (Å²) in [4.78, 5) is 4.17. The van der Waals surface area contributed by atoms with Crippen molar-refractivity contribution in [3.05, 3.63) is 23.8 Å². The highest BCUT2D eigenvalue weighted by Gasteiger charge is 2.31. The minimum absolute atomic E-state index is 0.189. The highest BCUT2D eigenvalue weighted by Crippen LogP contribution is 2.32. The highest BCUT2D eigenvalue weighted by molar-refractivity contribution is 5.92. The lowest BCUT2D eigenvalue weighted by Gasteiger charge is -2.09. The van der Waals surface area contributed by atoms with Gasteiger partial charge in [0.15, 0.2) is 0 Å². The molecule has 2 rings (SSSR count). The van der Waals surface area contributed by atoms with Crippen molar-refractivity contribution in [3.63, 3.8) is 0 Å². The number of hydrogen-bond acceptors (Lipinski definition) is 2. The average Bonchev–Trinajstić information content (AvgIpc) is 2.40. The van der Waals surface area contributed by atoms with Gasteiger partial charge in [-0.3, -0.25) is 4.99 Å². The number of rotatable bonds is 1. The van der Waals surface area contributed by atoms with Crippen molar-refractivity contribution in [2.75, 3.05) is 0 Å². The van der Waals surface area contributed by atoms with Gasteiger partial charge in [0, 0.05) is 12.1 Å². The summed E-state index contributed by atoms with van der Waals surface area (Å²) in [6.45, 7) is 1.84. The van der Waals surface area contributed by atoms with E-state index >= 15 is 0 Å². The Bertz CT molecular complexity index is 423. The number of alkyl halides is 3. The van der Waals surface area contributed by atoms with E-state index in [1.54, 1.807) is 0 Å². The van der Waals surface area contributed by atoms with Gasteiger partial charge in [-0.05, 0) is 30.7 Å². The summed E-state index contributed by atoms with van der Waals surface area (Å²) in [7, 11) is 0. The molecule has 1 aromatic rings. The molecule has 0 aliphatic carbocycles. The van der Waals surface area contributed by atoms with Crippen LogP contribution in [-0.4, -0.2) is 12.1 Å². The fraction of sp³-hybridized carbons (Fsp3) is 0.300. The van der Waals surface area contributed by atoms with Gasteiger partial charge in [-0.15, -0.1) is 13.2 Å². The summed E-state index contributed by atoms with van der Waals surface area (Å²) >= 11 is 0. The number of fused-ring (bicyclic) bond motifs is 1. The summed E-state index contributed by atoms with van der Waals surface area (Å²) in [6.07, 6.45) is -4.05. The van der Waals surface area contributed by atoms with Crippen molar-refractivity contribution in [2.45, 2.75) is 19.7 Å². The first-order valence-electron chi connectivity index (χ1n) is 4.37. The normalized spacial score (nSPS) is 14.8. The van der Waals surface area contributed by atoms with E-state index in [2.05, 4.69) is 9.73 Å². The van der Waals surface area contributed by atoms with Gasteiger partial charge < -0.3 is 4.74 Å². The summed E-state index contributed by atoms with van der Waals surface area (Å²) < 4.78 is 39.6. The number of hydrogen-bond donors (Lipinski definition) is 0. The first-order chi connectivity index (χ1) is 6.94. The van der Waals surface area contributed by atoms with Gasteiger partial charge in [0.05, 0.1) is 5.69 Å². The third-order valence-electron chi connectivity index (χ3n) is 2.04. The molecule has 1 aliphatic rings. The number of nitrogens with zero attached hydrogens (tertiary/aromatic N) is 1. The molecule has 1 aliphatic heterocycles. The van der Waals surface area contributed by atoms with Crippen molar-refractivity contribution >= 4 is 11.4 Å². The third kappa shape index (κ3) is 2.29. The fourth-order valence-corrected chi connectivity index (χ4v) is 1.53. The van der Waals surface area contributed by atoms with Crippen LogP contribution in [0, 0.1) is 0 Å². The smallest absolute Gasteiger partial charge is 0.406 e. The molecule has 0 spiro atoms. The predicted octanol–water partition coefficient (Wildman–Crippen LogP) is 3.23. The van der Waals surface area contributed by atoms with E-state index in [9.17, 15) is 13.2 Å². The van der Waals surface area contributed by atoms with Gasteiger partial charge in [-0.25, -0.2) is 0 Å². The van der Waals surface area contributed by atoms with E-state index < -0.39 is 6.36 Å². The van der Waals surface area contributed by atoms with Gasteiger partial charge in [0.25, 0.3) is 0 Å². The zero-order valence-corrected chi connectivity index (χ0v) is 7.93. The standard InChI is InChI=1S/C10H8F3NO/c1-6-4-7-5-8(15-10(11,12)13)2-3-9(7)14-6/h2-3,5H,4H2,1H3. The molecule has 0 saturated heterocycles. The van der Waals surface area contributed by atoms with E-state index in [1.807, 2.05) is 6.92 Å². The Kier molecular flexibility index (Phi) is 2.17. The molecular formula is C10H8F3NO. The van der Waals surface area contributed by atoms with Crippen LogP contribution >= 0.6 is 0 Å². The molecule has 0 aromatic heterocycles. The number of aliphatic imine (C=N–C) groups is 1. The Hall–Kier alpha value is -1.52. The second-order valence-corrected chi connectivity index (χ2v) is 3.36. The van der Waals surface area contributed by atoms with E-state index in [-0.39, 0.29) is 5.75 Å². The Labute approximate surface area is 84.4 Å². The molecule has 0 radical (unpaired) electrons. The minimum Gasteiger partial charge on any atom is -0.406 e. The van der Waals surface area contributed by atoms with Crippen LogP contribution in [0.2, 0.25) is 0 Å². The molecule has 0 atom stereocenters. The maximum Gasteiger partial charge on any atom is 0.573 e. The molecule has 0 unspecified atom stereocenters. The van der Waals surface area contributed by atoms with Crippen LogP contribution in [0.5, 0.6) is 5.75 Å². The molecule has 2 nitrogen and oxygen atoms in total. The van der Waals surface area contributed by atoms with Gasteiger partial charge in [0.2, 0.25) is 0 Å². The fourth-order valence-electron chi connectivity index (χ4n) is 1.53. The van der Waals surface area contributed by atoms with Crippen molar-refractivity contribution in [2.24, 2.45) is 4.99 Å². The summed E-state index contributed by atoms with van der Waals surface area (Å²) in [5.74, 6) is -0.189. The second kappa shape index (κ2) is 3.25. The SMILES string of the molecule is CC1=Nc2ccc(OC(F)(F)F)cc2C1. The van der Waals surface area contributed by atoms with E-state index in [1.165, 1.54) is 18.2 Å². The molecule has 0 amide bonds. The molecule has 15 heavy (non-hydrogen) atoms. The molecule has 80 valence electrons. The Balaban J connectivity index is 2.23. The lowest BCUT2D eigenvalue weighted by atomic mass is 10.1. The lowest BCUT2D eigenvalue weighted by molar-refractivity contribution is -0.274. The van der Waals surface area contributed by atoms with Crippen molar-refractivity contribution < 1.29 is 17.9 Å². The lowest BCUT2D eigenvalue weighted by Crippen LogP contribution is -2.17. The van der Waals surface area contributed by atoms with Crippen LogP contribution in [0.15, 0.2) is 23.2 Å². The Morgan fingerprint density at radius 2 is 2.07 bits per heavy atom. The van der Waals surface area contributed by atoms with Crippen LogP contribution in [0.3, 0.4) is 0 Å². The maximum absolute atomic E-state index is 11.9. The van der Waals surface area contributed by atoms with Crippen LogP contribution < -0.4 is 4.74 Å². The summed E-state index contributed by atoms with van der Waals surface area (Å²) in [5.41, 5.74) is 2.39. The number of ether oxygens (including phenoxy) is 1. The maximum atomic E-state index is 11.9. The monoisotopic (exact) mass is 215 g/mol. The average molecular weight is 215 g/mol. The molecule has 0 saturated carbocycles. The summed E-state index contributed by atoms with van der Waals surface area (Å²) in [6, 6.07) is 4.18. The van der Waals surface area contributed by atoms with Gasteiger partial charge in [-0.1, -0.05) is 0 Å². The predicted molar refractivity (Wildman–Crippen MR) is 49.6 cm³/mol. The van der Waals surface area contributed by atoms with E-state index in [4.69, 9.17) is 0 Å². The highest BCUT2D eigenvalue weighted by atomic mass is 19.4. The largest absolute Gasteiger partial charge is 0.573 e. The first kappa shape index (κ1) is 10.0. The van der Waals surface area contributed by atoms with Gasteiger partial charge in [-0.2, -0.15) is 0 Å². The molecule has 1 heterocycles. The molecule has 5 heteroatoms. The van der Waals surface area contributed by atoms with E-state index in [0.717, 1.165) is 17.0 Å². The van der Waals surface area contributed by atoms with Crippen LogP contribution in [0.25, 0.3) is 0 Å². The molecular weight excluding hydrogens is 207 g/mol. The minimum atomic E-state index is -4.64.